The highest BCUT2D eigenvalue weighted by Gasteiger charge is 2.44. The Hall–Kier alpha value is -2.22. The molecule has 0 amide bonds. The summed E-state index contributed by atoms with van der Waals surface area (Å²) in [5.74, 6) is 2.26. The van der Waals surface area contributed by atoms with Gasteiger partial charge in [-0.1, -0.05) is 5.92 Å². The van der Waals surface area contributed by atoms with E-state index in [9.17, 15) is 15.2 Å². The van der Waals surface area contributed by atoms with E-state index in [1.165, 1.54) is 13.2 Å². The highest BCUT2D eigenvalue weighted by Crippen LogP contribution is 2.51. The largest absolute Gasteiger partial charge is 0.500 e. The third-order valence-corrected chi connectivity index (χ3v) is 3.05. The molecule has 17 heavy (non-hydrogen) atoms. The molecule has 1 aromatic carbocycles. The summed E-state index contributed by atoms with van der Waals surface area (Å²) in [5.41, 5.74) is -0.145. The first-order valence-electron chi connectivity index (χ1n) is 5.08. The number of phenolic OH excluding ortho intramolecular Hbond substituents is 1. The standard InChI is InChI=1S/C12H11NO4/c1-3-12(4-5-12)8-6-9(13(15)16)11(14)10(7-8)17-2/h1,6-7,14H,4-5H2,2H3. The topological polar surface area (TPSA) is 72.6 Å². The van der Waals surface area contributed by atoms with Crippen molar-refractivity contribution in [2.45, 2.75) is 18.3 Å². The van der Waals surface area contributed by atoms with Gasteiger partial charge in [0.05, 0.1) is 17.4 Å². The number of aromatic hydroxyl groups is 1. The number of terminal acetylenes is 1. The molecule has 1 aliphatic rings. The van der Waals surface area contributed by atoms with E-state index < -0.39 is 16.1 Å². The number of hydrogen-bond donors (Lipinski definition) is 1. The Morgan fingerprint density at radius 3 is 2.65 bits per heavy atom. The number of phenols is 1. The van der Waals surface area contributed by atoms with Crippen molar-refractivity contribution in [1.82, 2.24) is 0 Å². The number of benzene rings is 1. The van der Waals surface area contributed by atoms with Crippen molar-refractivity contribution in [3.63, 3.8) is 0 Å². The molecule has 1 aliphatic carbocycles. The lowest BCUT2D eigenvalue weighted by molar-refractivity contribution is -0.386. The van der Waals surface area contributed by atoms with E-state index in [0.29, 0.717) is 5.56 Å². The van der Waals surface area contributed by atoms with E-state index in [0.717, 1.165) is 12.8 Å². The highest BCUT2D eigenvalue weighted by molar-refractivity contribution is 5.60. The SMILES string of the molecule is C#CC1(c2cc(OC)c(O)c([N+](=O)[O-])c2)CC1. The Labute approximate surface area is 98.2 Å². The Morgan fingerprint density at radius 1 is 1.59 bits per heavy atom. The molecule has 1 fully saturated rings. The first-order valence-corrected chi connectivity index (χ1v) is 5.08. The highest BCUT2D eigenvalue weighted by atomic mass is 16.6. The quantitative estimate of drug-likeness (QED) is 0.492. The molecule has 0 heterocycles. The first kappa shape index (κ1) is 11.3. The maximum absolute atomic E-state index is 10.8. The lowest BCUT2D eigenvalue weighted by Crippen LogP contribution is -2.04. The van der Waals surface area contributed by atoms with Crippen LogP contribution >= 0.6 is 0 Å². The Bertz CT molecular complexity index is 526. The number of nitro groups is 1. The molecule has 88 valence electrons. The summed E-state index contributed by atoms with van der Waals surface area (Å²) in [4.78, 5) is 10.2. The van der Waals surface area contributed by atoms with Crippen LogP contribution in [0.3, 0.4) is 0 Å². The lowest BCUT2D eigenvalue weighted by Gasteiger charge is -2.11. The molecule has 2 rings (SSSR count). The third kappa shape index (κ3) is 1.68. The van der Waals surface area contributed by atoms with Crippen LogP contribution in [0.15, 0.2) is 12.1 Å². The molecule has 0 spiro atoms. The summed E-state index contributed by atoms with van der Waals surface area (Å²) in [5, 5.41) is 20.4. The molecule has 5 nitrogen and oxygen atoms in total. The molecule has 5 heteroatoms. The summed E-state index contributed by atoms with van der Waals surface area (Å²) in [6, 6.07) is 2.89. The summed E-state index contributed by atoms with van der Waals surface area (Å²) in [6.45, 7) is 0. The first-order chi connectivity index (χ1) is 8.04. The van der Waals surface area contributed by atoms with Gasteiger partial charge >= 0.3 is 5.69 Å². The fourth-order valence-corrected chi connectivity index (χ4v) is 1.81. The molecule has 0 aromatic heterocycles. The zero-order valence-corrected chi connectivity index (χ0v) is 9.27. The van der Waals surface area contributed by atoms with Gasteiger partial charge in [-0.2, -0.15) is 0 Å². The van der Waals surface area contributed by atoms with Crippen LogP contribution in [-0.2, 0) is 5.41 Å². The fourth-order valence-electron chi connectivity index (χ4n) is 1.81. The molecular formula is C12H11NO4. The second-order valence-electron chi connectivity index (χ2n) is 4.03. The number of ether oxygens (including phenoxy) is 1. The van der Waals surface area contributed by atoms with Crippen molar-refractivity contribution in [3.8, 4) is 23.8 Å². The second kappa shape index (κ2) is 3.67. The molecule has 1 saturated carbocycles. The number of hydrogen-bond acceptors (Lipinski definition) is 4. The van der Waals surface area contributed by atoms with Gasteiger partial charge in [-0.05, 0) is 24.5 Å². The van der Waals surface area contributed by atoms with Gasteiger partial charge in [0.15, 0.2) is 5.75 Å². The Kier molecular flexibility index (Phi) is 2.43. The monoisotopic (exact) mass is 233 g/mol. The van der Waals surface area contributed by atoms with Crippen LogP contribution in [0.1, 0.15) is 18.4 Å². The molecule has 1 aromatic rings. The van der Waals surface area contributed by atoms with E-state index in [-0.39, 0.29) is 11.4 Å². The number of methoxy groups -OCH3 is 1. The van der Waals surface area contributed by atoms with Gasteiger partial charge in [-0.15, -0.1) is 6.42 Å². The number of nitrogens with zero attached hydrogens (tertiary/aromatic N) is 1. The van der Waals surface area contributed by atoms with Gasteiger partial charge in [0.1, 0.15) is 0 Å². The minimum atomic E-state index is -0.645. The van der Waals surface area contributed by atoms with Crippen LogP contribution < -0.4 is 4.74 Å². The van der Waals surface area contributed by atoms with Crippen molar-refractivity contribution in [2.24, 2.45) is 0 Å². The van der Waals surface area contributed by atoms with Gasteiger partial charge in [-0.3, -0.25) is 10.1 Å². The summed E-state index contributed by atoms with van der Waals surface area (Å²) in [7, 11) is 1.35. The smallest absolute Gasteiger partial charge is 0.314 e. The molecule has 0 unspecified atom stereocenters. The minimum absolute atomic E-state index is 0.0794. The van der Waals surface area contributed by atoms with Crippen LogP contribution in [0.5, 0.6) is 11.5 Å². The number of rotatable bonds is 3. The third-order valence-electron chi connectivity index (χ3n) is 3.05. The molecule has 0 atom stereocenters. The summed E-state index contributed by atoms with van der Waals surface area (Å²) >= 11 is 0. The fraction of sp³-hybridized carbons (Fsp3) is 0.333. The molecule has 0 saturated heterocycles. The minimum Gasteiger partial charge on any atom is -0.500 e. The van der Waals surface area contributed by atoms with Gasteiger partial charge in [0, 0.05) is 6.07 Å². The van der Waals surface area contributed by atoms with E-state index in [1.807, 2.05) is 0 Å². The molecular weight excluding hydrogens is 222 g/mol. The maximum atomic E-state index is 10.8. The lowest BCUT2D eigenvalue weighted by atomic mass is 9.96. The Morgan fingerprint density at radius 2 is 2.24 bits per heavy atom. The van der Waals surface area contributed by atoms with E-state index in [2.05, 4.69) is 5.92 Å². The van der Waals surface area contributed by atoms with Gasteiger partial charge < -0.3 is 9.84 Å². The van der Waals surface area contributed by atoms with Crippen molar-refractivity contribution >= 4 is 5.69 Å². The van der Waals surface area contributed by atoms with Crippen molar-refractivity contribution in [2.75, 3.05) is 7.11 Å². The van der Waals surface area contributed by atoms with Gasteiger partial charge in [0.25, 0.3) is 0 Å². The maximum Gasteiger partial charge on any atom is 0.314 e. The molecule has 0 radical (unpaired) electrons. The average molecular weight is 233 g/mol. The van der Waals surface area contributed by atoms with Crippen LogP contribution in [0, 0.1) is 22.5 Å². The van der Waals surface area contributed by atoms with Crippen molar-refractivity contribution in [3.05, 3.63) is 27.8 Å². The summed E-state index contributed by atoms with van der Waals surface area (Å²) in [6.07, 6.45) is 7.03. The predicted octanol–water partition coefficient (Wildman–Crippen LogP) is 1.97. The molecule has 0 bridgehead atoms. The average Bonchev–Trinajstić information content (AvgIpc) is 3.10. The van der Waals surface area contributed by atoms with Crippen molar-refractivity contribution < 1.29 is 14.8 Å². The van der Waals surface area contributed by atoms with Gasteiger partial charge in [-0.25, -0.2) is 0 Å². The van der Waals surface area contributed by atoms with E-state index >= 15 is 0 Å². The second-order valence-corrected chi connectivity index (χ2v) is 4.03. The van der Waals surface area contributed by atoms with Crippen LogP contribution in [0.4, 0.5) is 5.69 Å². The molecule has 1 N–H and O–H groups in total. The van der Waals surface area contributed by atoms with Crippen LogP contribution in [0.25, 0.3) is 0 Å². The van der Waals surface area contributed by atoms with Crippen molar-refractivity contribution in [1.29, 1.82) is 0 Å². The van der Waals surface area contributed by atoms with Crippen LogP contribution in [0.2, 0.25) is 0 Å². The van der Waals surface area contributed by atoms with E-state index in [1.54, 1.807) is 6.07 Å². The molecule has 0 aliphatic heterocycles. The van der Waals surface area contributed by atoms with Gasteiger partial charge in [0.2, 0.25) is 5.75 Å². The van der Waals surface area contributed by atoms with Crippen LogP contribution in [-0.4, -0.2) is 17.1 Å². The van der Waals surface area contributed by atoms with E-state index in [4.69, 9.17) is 11.2 Å². The zero-order chi connectivity index (χ0) is 12.6. The predicted molar refractivity (Wildman–Crippen MR) is 61.1 cm³/mol. The Balaban J connectivity index is 2.60. The normalized spacial score (nSPS) is 16.0. The zero-order valence-electron chi connectivity index (χ0n) is 9.27. The summed E-state index contributed by atoms with van der Waals surface area (Å²) < 4.78 is 4.92. The number of nitro benzene ring substituents is 1.